The molecule has 5 heteroatoms. The molecular formula is C15H14Cl2N2O. The minimum Gasteiger partial charge on any atom is -0.381 e. The van der Waals surface area contributed by atoms with Crippen LogP contribution < -0.4 is 10.6 Å². The van der Waals surface area contributed by atoms with Crippen LogP contribution in [0.4, 0.5) is 11.4 Å². The van der Waals surface area contributed by atoms with Crippen LogP contribution in [-0.4, -0.2) is 5.91 Å². The van der Waals surface area contributed by atoms with Crippen molar-refractivity contribution < 1.29 is 4.79 Å². The minimum atomic E-state index is -0.0908. The highest BCUT2D eigenvalue weighted by Crippen LogP contribution is 2.25. The van der Waals surface area contributed by atoms with Crippen molar-refractivity contribution in [2.45, 2.75) is 13.5 Å². The molecule has 0 aromatic heterocycles. The molecule has 0 fully saturated rings. The number of amides is 1. The third-order valence-corrected chi connectivity index (χ3v) is 3.47. The smallest absolute Gasteiger partial charge is 0.221 e. The molecule has 2 N–H and O–H groups in total. The van der Waals surface area contributed by atoms with Gasteiger partial charge in [-0.3, -0.25) is 4.79 Å². The predicted octanol–water partition coefficient (Wildman–Crippen LogP) is 4.56. The molecule has 2 aromatic rings. The number of carbonyl (C=O) groups is 1. The average Bonchev–Trinajstić information content (AvgIpc) is 2.41. The zero-order valence-electron chi connectivity index (χ0n) is 10.9. The maximum atomic E-state index is 11.2. The zero-order valence-corrected chi connectivity index (χ0v) is 12.4. The van der Waals surface area contributed by atoms with Crippen molar-refractivity contribution in [2.24, 2.45) is 0 Å². The summed E-state index contributed by atoms with van der Waals surface area (Å²) in [5.74, 6) is -0.0908. The van der Waals surface area contributed by atoms with Gasteiger partial charge in [-0.1, -0.05) is 41.4 Å². The van der Waals surface area contributed by atoms with Gasteiger partial charge in [0.1, 0.15) is 0 Å². The largest absolute Gasteiger partial charge is 0.381 e. The van der Waals surface area contributed by atoms with Gasteiger partial charge in [-0.2, -0.15) is 0 Å². The molecule has 0 aliphatic rings. The van der Waals surface area contributed by atoms with Crippen LogP contribution in [0.1, 0.15) is 12.5 Å². The highest BCUT2D eigenvalue weighted by Gasteiger charge is 2.04. The van der Waals surface area contributed by atoms with E-state index in [0.717, 1.165) is 16.9 Å². The Balaban J connectivity index is 2.10. The lowest BCUT2D eigenvalue weighted by atomic mass is 10.1. The molecule has 0 aliphatic heterocycles. The summed E-state index contributed by atoms with van der Waals surface area (Å²) in [4.78, 5) is 11.2. The Kier molecular flexibility index (Phi) is 4.88. The summed E-state index contributed by atoms with van der Waals surface area (Å²) < 4.78 is 0. The Hall–Kier alpha value is -1.71. The molecular weight excluding hydrogens is 295 g/mol. The predicted molar refractivity (Wildman–Crippen MR) is 84.5 cm³/mol. The third-order valence-electron chi connectivity index (χ3n) is 2.73. The van der Waals surface area contributed by atoms with Crippen molar-refractivity contribution in [2.75, 3.05) is 10.6 Å². The molecule has 104 valence electrons. The van der Waals surface area contributed by atoms with Gasteiger partial charge in [0.15, 0.2) is 0 Å². The van der Waals surface area contributed by atoms with Gasteiger partial charge in [-0.25, -0.2) is 0 Å². The van der Waals surface area contributed by atoms with E-state index in [1.165, 1.54) is 6.92 Å². The Bertz CT molecular complexity index is 629. The molecule has 3 nitrogen and oxygen atoms in total. The van der Waals surface area contributed by atoms with Crippen LogP contribution in [0.15, 0.2) is 42.5 Å². The second-order valence-electron chi connectivity index (χ2n) is 4.32. The lowest BCUT2D eigenvalue weighted by molar-refractivity contribution is -0.114. The van der Waals surface area contributed by atoms with E-state index in [1.807, 2.05) is 30.3 Å². The van der Waals surface area contributed by atoms with Crippen molar-refractivity contribution >= 4 is 40.5 Å². The summed E-state index contributed by atoms with van der Waals surface area (Å²) in [6.07, 6.45) is 0. The van der Waals surface area contributed by atoms with Crippen LogP contribution in [-0.2, 0) is 11.3 Å². The van der Waals surface area contributed by atoms with Gasteiger partial charge in [0.25, 0.3) is 0 Å². The van der Waals surface area contributed by atoms with E-state index >= 15 is 0 Å². The number of benzene rings is 2. The molecule has 0 saturated heterocycles. The van der Waals surface area contributed by atoms with E-state index in [4.69, 9.17) is 23.2 Å². The highest BCUT2D eigenvalue weighted by molar-refractivity contribution is 6.42. The summed E-state index contributed by atoms with van der Waals surface area (Å²) in [6, 6.07) is 13.0. The topological polar surface area (TPSA) is 41.1 Å². The first kappa shape index (κ1) is 14.7. The standard InChI is InChI=1S/C15H14Cl2N2O/c1-10(20)19-15-5-3-2-4-11(15)9-18-12-6-7-13(16)14(17)8-12/h2-8,18H,9H2,1H3,(H,19,20). The summed E-state index contributed by atoms with van der Waals surface area (Å²) in [7, 11) is 0. The van der Waals surface area contributed by atoms with Gasteiger partial charge in [0, 0.05) is 24.8 Å². The van der Waals surface area contributed by atoms with E-state index in [2.05, 4.69) is 10.6 Å². The number of anilines is 2. The maximum absolute atomic E-state index is 11.2. The second-order valence-corrected chi connectivity index (χ2v) is 5.14. The zero-order chi connectivity index (χ0) is 14.5. The summed E-state index contributed by atoms with van der Waals surface area (Å²) in [6.45, 7) is 2.07. The number of rotatable bonds is 4. The monoisotopic (exact) mass is 308 g/mol. The Morgan fingerprint density at radius 1 is 1.10 bits per heavy atom. The second kappa shape index (κ2) is 6.64. The first-order valence-electron chi connectivity index (χ1n) is 6.10. The quantitative estimate of drug-likeness (QED) is 0.869. The minimum absolute atomic E-state index is 0.0908. The van der Waals surface area contributed by atoms with Gasteiger partial charge in [-0.05, 0) is 29.8 Å². The normalized spacial score (nSPS) is 10.2. The number of halogens is 2. The fraction of sp³-hybridized carbons (Fsp3) is 0.133. The van der Waals surface area contributed by atoms with Crippen molar-refractivity contribution in [3.8, 4) is 0 Å². The van der Waals surface area contributed by atoms with Crippen molar-refractivity contribution in [3.63, 3.8) is 0 Å². The summed E-state index contributed by atoms with van der Waals surface area (Å²) >= 11 is 11.8. The fourth-order valence-electron chi connectivity index (χ4n) is 1.79. The molecule has 1 amide bonds. The number of hydrogen-bond donors (Lipinski definition) is 2. The molecule has 2 rings (SSSR count). The van der Waals surface area contributed by atoms with Crippen LogP contribution in [0, 0.1) is 0 Å². The molecule has 0 saturated carbocycles. The lowest BCUT2D eigenvalue weighted by Crippen LogP contribution is -2.10. The Morgan fingerprint density at radius 3 is 2.55 bits per heavy atom. The molecule has 0 heterocycles. The molecule has 0 unspecified atom stereocenters. The fourth-order valence-corrected chi connectivity index (χ4v) is 2.09. The third kappa shape index (κ3) is 3.89. The van der Waals surface area contributed by atoms with Gasteiger partial charge in [0.2, 0.25) is 5.91 Å². The van der Waals surface area contributed by atoms with E-state index in [9.17, 15) is 4.79 Å². The maximum Gasteiger partial charge on any atom is 0.221 e. The van der Waals surface area contributed by atoms with Crippen LogP contribution in [0.5, 0.6) is 0 Å². The molecule has 20 heavy (non-hydrogen) atoms. The first-order chi connectivity index (χ1) is 9.56. The van der Waals surface area contributed by atoms with Crippen LogP contribution in [0.2, 0.25) is 10.0 Å². The highest BCUT2D eigenvalue weighted by atomic mass is 35.5. The SMILES string of the molecule is CC(=O)Nc1ccccc1CNc1ccc(Cl)c(Cl)c1. The molecule has 0 aliphatic carbocycles. The van der Waals surface area contributed by atoms with Crippen molar-refractivity contribution in [3.05, 3.63) is 58.1 Å². The van der Waals surface area contributed by atoms with Crippen molar-refractivity contribution in [1.82, 2.24) is 0 Å². The first-order valence-corrected chi connectivity index (χ1v) is 6.86. The summed E-state index contributed by atoms with van der Waals surface area (Å²) in [5.41, 5.74) is 2.67. The molecule has 0 spiro atoms. The van der Waals surface area contributed by atoms with Gasteiger partial charge in [-0.15, -0.1) is 0 Å². The number of hydrogen-bond acceptors (Lipinski definition) is 2. The van der Waals surface area contributed by atoms with E-state index < -0.39 is 0 Å². The molecule has 2 aromatic carbocycles. The van der Waals surface area contributed by atoms with Crippen LogP contribution >= 0.6 is 23.2 Å². The van der Waals surface area contributed by atoms with Gasteiger partial charge in [0.05, 0.1) is 10.0 Å². The van der Waals surface area contributed by atoms with Gasteiger partial charge >= 0.3 is 0 Å². The summed E-state index contributed by atoms with van der Waals surface area (Å²) in [5, 5.41) is 7.08. The Labute approximate surface area is 127 Å². The molecule has 0 radical (unpaired) electrons. The number of carbonyl (C=O) groups excluding carboxylic acids is 1. The van der Waals surface area contributed by atoms with Crippen LogP contribution in [0.25, 0.3) is 0 Å². The van der Waals surface area contributed by atoms with Crippen LogP contribution in [0.3, 0.4) is 0 Å². The number of para-hydroxylation sites is 1. The average molecular weight is 309 g/mol. The molecule has 0 atom stereocenters. The van der Waals surface area contributed by atoms with E-state index in [1.54, 1.807) is 12.1 Å². The lowest BCUT2D eigenvalue weighted by Gasteiger charge is -2.12. The molecule has 0 bridgehead atoms. The Morgan fingerprint density at radius 2 is 1.85 bits per heavy atom. The van der Waals surface area contributed by atoms with E-state index in [0.29, 0.717) is 16.6 Å². The van der Waals surface area contributed by atoms with E-state index in [-0.39, 0.29) is 5.91 Å². The van der Waals surface area contributed by atoms with Crippen molar-refractivity contribution in [1.29, 1.82) is 0 Å². The number of nitrogens with one attached hydrogen (secondary N) is 2. The van der Waals surface area contributed by atoms with Gasteiger partial charge < -0.3 is 10.6 Å².